The number of anilines is 1. The van der Waals surface area contributed by atoms with E-state index in [-0.39, 0.29) is 29.6 Å². The minimum absolute atomic E-state index is 0.220. The molecule has 0 saturated carbocycles. The molecule has 3 rings (SSSR count). The number of amides is 2. The second-order valence-electron chi connectivity index (χ2n) is 5.22. The summed E-state index contributed by atoms with van der Waals surface area (Å²) in [7, 11) is 0. The van der Waals surface area contributed by atoms with Crippen LogP contribution in [0, 0.1) is 0 Å². The maximum Gasteiger partial charge on any atom is 0.278 e. The van der Waals surface area contributed by atoms with Gasteiger partial charge in [0.1, 0.15) is 5.70 Å². The first-order valence-corrected chi connectivity index (χ1v) is 8.16. The van der Waals surface area contributed by atoms with E-state index in [4.69, 9.17) is 23.2 Å². The minimum atomic E-state index is -0.370. The molecule has 1 N–H and O–H groups in total. The van der Waals surface area contributed by atoms with Crippen LogP contribution in [-0.2, 0) is 9.59 Å². The Labute approximate surface area is 149 Å². The van der Waals surface area contributed by atoms with Gasteiger partial charge >= 0.3 is 0 Å². The standard InChI is InChI=1S/C18H14Cl2N2O2/c1-2-22-17(23)15(13-9-8-11(19)10-14(13)20)16(18(22)24)21-12-6-4-3-5-7-12/h3-10,21H,2H2,1H3. The number of carbonyl (C=O) groups excluding carboxylic acids is 2. The summed E-state index contributed by atoms with van der Waals surface area (Å²) in [6.45, 7) is 2.04. The van der Waals surface area contributed by atoms with E-state index in [0.717, 1.165) is 0 Å². The van der Waals surface area contributed by atoms with Crippen molar-refractivity contribution in [3.8, 4) is 0 Å². The molecule has 4 nitrogen and oxygen atoms in total. The molecule has 2 aromatic rings. The molecule has 1 aliphatic heterocycles. The molecule has 0 fully saturated rings. The third-order valence-corrected chi connectivity index (χ3v) is 4.28. The molecule has 0 aliphatic carbocycles. The van der Waals surface area contributed by atoms with Crippen LogP contribution in [0.5, 0.6) is 0 Å². The summed E-state index contributed by atoms with van der Waals surface area (Å²) in [6.07, 6.45) is 0. The number of hydrogen-bond donors (Lipinski definition) is 1. The molecule has 0 atom stereocenters. The van der Waals surface area contributed by atoms with Crippen LogP contribution in [0.15, 0.2) is 54.2 Å². The molecule has 0 aromatic heterocycles. The second-order valence-corrected chi connectivity index (χ2v) is 6.06. The molecule has 0 saturated heterocycles. The molecule has 1 heterocycles. The highest BCUT2D eigenvalue weighted by Gasteiger charge is 2.39. The van der Waals surface area contributed by atoms with Crippen molar-refractivity contribution in [2.24, 2.45) is 0 Å². The van der Waals surface area contributed by atoms with Crippen molar-refractivity contribution in [1.29, 1.82) is 0 Å². The fraction of sp³-hybridized carbons (Fsp3) is 0.111. The Kier molecular flexibility index (Phi) is 4.60. The second kappa shape index (κ2) is 6.67. The summed E-state index contributed by atoms with van der Waals surface area (Å²) in [5.41, 5.74) is 1.67. The van der Waals surface area contributed by atoms with Gasteiger partial charge in [0.25, 0.3) is 11.8 Å². The largest absolute Gasteiger partial charge is 0.350 e. The van der Waals surface area contributed by atoms with E-state index in [1.165, 1.54) is 4.90 Å². The normalized spacial score (nSPS) is 14.5. The first-order chi connectivity index (χ1) is 11.5. The van der Waals surface area contributed by atoms with E-state index in [1.807, 2.05) is 30.3 Å². The van der Waals surface area contributed by atoms with Crippen LogP contribution in [-0.4, -0.2) is 23.3 Å². The highest BCUT2D eigenvalue weighted by Crippen LogP contribution is 2.35. The lowest BCUT2D eigenvalue weighted by molar-refractivity contribution is -0.136. The highest BCUT2D eigenvalue weighted by atomic mass is 35.5. The molecule has 24 heavy (non-hydrogen) atoms. The van der Waals surface area contributed by atoms with Gasteiger partial charge in [0.2, 0.25) is 0 Å². The number of rotatable bonds is 4. The zero-order valence-electron chi connectivity index (χ0n) is 12.8. The minimum Gasteiger partial charge on any atom is -0.350 e. The number of nitrogens with zero attached hydrogens (tertiary/aromatic N) is 1. The first kappa shape index (κ1) is 16.6. The smallest absolute Gasteiger partial charge is 0.278 e. The lowest BCUT2D eigenvalue weighted by Crippen LogP contribution is -2.32. The van der Waals surface area contributed by atoms with Crippen LogP contribution in [0.4, 0.5) is 5.69 Å². The zero-order valence-corrected chi connectivity index (χ0v) is 14.4. The van der Waals surface area contributed by atoms with Gasteiger partial charge in [0.05, 0.1) is 10.6 Å². The third-order valence-electron chi connectivity index (χ3n) is 3.73. The third kappa shape index (κ3) is 2.90. The Morgan fingerprint density at radius 3 is 2.33 bits per heavy atom. The number of imide groups is 1. The van der Waals surface area contributed by atoms with Crippen LogP contribution in [0.1, 0.15) is 12.5 Å². The molecule has 6 heteroatoms. The zero-order chi connectivity index (χ0) is 17.3. The topological polar surface area (TPSA) is 49.4 Å². The van der Waals surface area contributed by atoms with Crippen LogP contribution in [0.2, 0.25) is 10.0 Å². The maximum atomic E-state index is 12.7. The van der Waals surface area contributed by atoms with E-state index < -0.39 is 0 Å². The van der Waals surface area contributed by atoms with Crippen molar-refractivity contribution in [3.63, 3.8) is 0 Å². The molecule has 0 radical (unpaired) electrons. The van der Waals surface area contributed by atoms with Gasteiger partial charge in [0, 0.05) is 22.8 Å². The summed E-state index contributed by atoms with van der Waals surface area (Å²) in [4.78, 5) is 26.5. The SMILES string of the molecule is CCN1C(=O)C(Nc2ccccc2)=C(c2ccc(Cl)cc2Cl)C1=O. The molecular weight excluding hydrogens is 347 g/mol. The van der Waals surface area contributed by atoms with E-state index in [0.29, 0.717) is 21.3 Å². The molecule has 122 valence electrons. The number of likely N-dealkylation sites (N-methyl/N-ethyl adjacent to an activating group) is 1. The number of nitrogens with one attached hydrogen (secondary N) is 1. The number of carbonyl (C=O) groups is 2. The van der Waals surface area contributed by atoms with Crippen molar-refractivity contribution in [2.75, 3.05) is 11.9 Å². The van der Waals surface area contributed by atoms with Crippen LogP contribution < -0.4 is 5.32 Å². The van der Waals surface area contributed by atoms with E-state index in [9.17, 15) is 9.59 Å². The predicted octanol–water partition coefficient (Wildman–Crippen LogP) is 4.21. The molecule has 0 spiro atoms. The molecule has 2 amide bonds. The maximum absolute atomic E-state index is 12.7. The average molecular weight is 361 g/mol. The fourth-order valence-corrected chi connectivity index (χ4v) is 3.09. The van der Waals surface area contributed by atoms with Gasteiger partial charge in [-0.2, -0.15) is 0 Å². The highest BCUT2D eigenvalue weighted by molar-refractivity contribution is 6.41. The number of halogens is 2. The van der Waals surface area contributed by atoms with Gasteiger partial charge in [-0.1, -0.05) is 47.5 Å². The van der Waals surface area contributed by atoms with Crippen LogP contribution >= 0.6 is 23.2 Å². The van der Waals surface area contributed by atoms with Crippen molar-refractivity contribution in [2.45, 2.75) is 6.92 Å². The number of benzene rings is 2. The number of hydrogen-bond acceptors (Lipinski definition) is 3. The average Bonchev–Trinajstić information content (AvgIpc) is 2.79. The van der Waals surface area contributed by atoms with Gasteiger partial charge in [-0.05, 0) is 31.2 Å². The van der Waals surface area contributed by atoms with Crippen molar-refractivity contribution in [3.05, 3.63) is 69.8 Å². The van der Waals surface area contributed by atoms with E-state index in [1.54, 1.807) is 25.1 Å². The fourth-order valence-electron chi connectivity index (χ4n) is 2.59. The molecule has 1 aliphatic rings. The summed E-state index contributed by atoms with van der Waals surface area (Å²) < 4.78 is 0. The van der Waals surface area contributed by atoms with Gasteiger partial charge in [-0.3, -0.25) is 14.5 Å². The van der Waals surface area contributed by atoms with Gasteiger partial charge in [-0.15, -0.1) is 0 Å². The van der Waals surface area contributed by atoms with Gasteiger partial charge in [0.15, 0.2) is 0 Å². The predicted molar refractivity (Wildman–Crippen MR) is 95.8 cm³/mol. The number of para-hydroxylation sites is 1. The summed E-state index contributed by atoms with van der Waals surface area (Å²) in [5, 5.41) is 3.84. The lowest BCUT2D eigenvalue weighted by Gasteiger charge is -2.12. The molecule has 0 bridgehead atoms. The Morgan fingerprint density at radius 1 is 1.00 bits per heavy atom. The molecule has 2 aromatic carbocycles. The summed E-state index contributed by atoms with van der Waals surface area (Å²) in [6, 6.07) is 14.0. The van der Waals surface area contributed by atoms with Crippen LogP contribution in [0.25, 0.3) is 5.57 Å². The Bertz CT molecular complexity index is 847. The summed E-state index contributed by atoms with van der Waals surface area (Å²) in [5.74, 6) is -0.738. The van der Waals surface area contributed by atoms with E-state index >= 15 is 0 Å². The quantitative estimate of drug-likeness (QED) is 0.831. The van der Waals surface area contributed by atoms with Crippen molar-refractivity contribution < 1.29 is 9.59 Å². The van der Waals surface area contributed by atoms with Crippen LogP contribution in [0.3, 0.4) is 0 Å². The van der Waals surface area contributed by atoms with Crippen molar-refractivity contribution >= 4 is 46.3 Å². The molecule has 0 unspecified atom stereocenters. The monoisotopic (exact) mass is 360 g/mol. The van der Waals surface area contributed by atoms with Gasteiger partial charge in [-0.25, -0.2) is 0 Å². The van der Waals surface area contributed by atoms with Gasteiger partial charge < -0.3 is 5.32 Å². The van der Waals surface area contributed by atoms with E-state index in [2.05, 4.69) is 5.32 Å². The van der Waals surface area contributed by atoms with Crippen molar-refractivity contribution in [1.82, 2.24) is 4.90 Å². The Morgan fingerprint density at radius 2 is 1.71 bits per heavy atom. The summed E-state index contributed by atoms with van der Waals surface area (Å²) >= 11 is 12.2. The molecular formula is C18H14Cl2N2O2. The Hall–Kier alpha value is -2.30. The Balaban J connectivity index is 2.14. The first-order valence-electron chi connectivity index (χ1n) is 7.41. The lowest BCUT2D eigenvalue weighted by atomic mass is 10.0.